The van der Waals surface area contributed by atoms with Crippen LogP contribution in [-0.4, -0.2) is 5.91 Å². The van der Waals surface area contributed by atoms with Gasteiger partial charge >= 0.3 is 0 Å². The van der Waals surface area contributed by atoms with Crippen LogP contribution in [0, 0.1) is 0 Å². The molecule has 2 aromatic carbocycles. The summed E-state index contributed by atoms with van der Waals surface area (Å²) in [5.41, 5.74) is 1.51. The molecule has 2 aromatic rings. The van der Waals surface area contributed by atoms with Crippen molar-refractivity contribution < 1.29 is 4.79 Å². The fraction of sp³-hybridized carbons (Fsp3) is 0.0714. The summed E-state index contributed by atoms with van der Waals surface area (Å²) in [6.07, 6.45) is 0. The normalized spacial score (nSPS) is 11.9. The van der Waals surface area contributed by atoms with Gasteiger partial charge in [0.25, 0.3) is 0 Å². The van der Waals surface area contributed by atoms with Gasteiger partial charge in [0, 0.05) is 10.2 Å². The first-order chi connectivity index (χ1) is 8.66. The molecule has 2 nitrogen and oxygen atoms in total. The van der Waals surface area contributed by atoms with Crippen molar-refractivity contribution in [2.75, 3.05) is 5.32 Å². The molecule has 18 heavy (non-hydrogen) atoms. The Labute approximate surface area is 119 Å². The molecule has 0 aliphatic heterocycles. The molecule has 1 N–H and O–H groups in total. The smallest absolute Gasteiger partial charge is 0.246 e. The fourth-order valence-electron chi connectivity index (χ4n) is 1.51. The fourth-order valence-corrected chi connectivity index (χ4v) is 1.98. The minimum absolute atomic E-state index is 0.231. The van der Waals surface area contributed by atoms with Gasteiger partial charge < -0.3 is 5.32 Å². The Morgan fingerprint density at radius 2 is 1.67 bits per heavy atom. The maximum atomic E-state index is 11.9. The van der Waals surface area contributed by atoms with E-state index in [0.717, 1.165) is 15.7 Å². The Kier molecular flexibility index (Phi) is 4.39. The van der Waals surface area contributed by atoms with Gasteiger partial charge in [0.1, 0.15) is 5.38 Å². The second-order valence-electron chi connectivity index (χ2n) is 3.77. The van der Waals surface area contributed by atoms with Gasteiger partial charge in [-0.3, -0.25) is 4.79 Å². The van der Waals surface area contributed by atoms with E-state index in [2.05, 4.69) is 21.2 Å². The quantitative estimate of drug-likeness (QED) is 0.835. The van der Waals surface area contributed by atoms with Crippen LogP contribution in [0.1, 0.15) is 10.9 Å². The lowest BCUT2D eigenvalue weighted by Gasteiger charge is -2.10. The number of carbonyl (C=O) groups excluding carboxylic acids is 1. The third-order valence-corrected chi connectivity index (χ3v) is 3.41. The van der Waals surface area contributed by atoms with Crippen LogP contribution in [0.25, 0.3) is 0 Å². The predicted molar refractivity (Wildman–Crippen MR) is 77.8 cm³/mol. The summed E-state index contributed by atoms with van der Waals surface area (Å²) < 4.78 is 0.964. The zero-order chi connectivity index (χ0) is 13.0. The van der Waals surface area contributed by atoms with Gasteiger partial charge in [-0.1, -0.05) is 46.3 Å². The lowest BCUT2D eigenvalue weighted by molar-refractivity contribution is -0.116. The van der Waals surface area contributed by atoms with Crippen molar-refractivity contribution in [3.8, 4) is 0 Å². The highest BCUT2D eigenvalue weighted by Gasteiger charge is 2.17. The summed E-state index contributed by atoms with van der Waals surface area (Å²) in [7, 11) is 0. The van der Waals surface area contributed by atoms with E-state index >= 15 is 0 Å². The Morgan fingerprint density at radius 1 is 1.06 bits per heavy atom. The number of alkyl halides is 1. The summed E-state index contributed by atoms with van der Waals surface area (Å²) >= 11 is 9.46. The van der Waals surface area contributed by atoms with Crippen molar-refractivity contribution in [3.63, 3.8) is 0 Å². The molecule has 0 heterocycles. The molecule has 0 fully saturated rings. The zero-order valence-electron chi connectivity index (χ0n) is 9.44. The van der Waals surface area contributed by atoms with Crippen LogP contribution in [0.15, 0.2) is 59.1 Å². The molecule has 2 rings (SSSR count). The SMILES string of the molecule is O=C(Nc1ccc(Br)cc1)[C@@H](Cl)c1ccccc1. The summed E-state index contributed by atoms with van der Waals surface area (Å²) in [4.78, 5) is 11.9. The van der Waals surface area contributed by atoms with Crippen LogP contribution >= 0.6 is 27.5 Å². The second kappa shape index (κ2) is 6.03. The van der Waals surface area contributed by atoms with Gasteiger partial charge in [0.2, 0.25) is 5.91 Å². The number of rotatable bonds is 3. The highest BCUT2D eigenvalue weighted by atomic mass is 79.9. The minimum atomic E-state index is -0.685. The molecule has 1 atom stereocenters. The predicted octanol–water partition coefficient (Wildman–Crippen LogP) is 4.37. The van der Waals surface area contributed by atoms with Crippen LogP contribution in [0.2, 0.25) is 0 Å². The van der Waals surface area contributed by atoms with Crippen LogP contribution in [0.5, 0.6) is 0 Å². The molecule has 0 bridgehead atoms. The number of carbonyl (C=O) groups is 1. The number of benzene rings is 2. The van der Waals surface area contributed by atoms with Crippen LogP contribution in [0.4, 0.5) is 5.69 Å². The topological polar surface area (TPSA) is 29.1 Å². The first kappa shape index (κ1) is 13.1. The average molecular weight is 325 g/mol. The molecule has 0 aliphatic rings. The third-order valence-electron chi connectivity index (χ3n) is 2.43. The summed E-state index contributed by atoms with van der Waals surface area (Å²) in [5, 5.41) is 2.09. The van der Waals surface area contributed by atoms with E-state index in [1.165, 1.54) is 0 Å². The first-order valence-corrected chi connectivity index (χ1v) is 6.65. The Balaban J connectivity index is 2.06. The van der Waals surface area contributed by atoms with E-state index in [0.29, 0.717) is 0 Å². The molecule has 0 aliphatic carbocycles. The third kappa shape index (κ3) is 3.34. The Bertz CT molecular complexity index is 527. The average Bonchev–Trinajstić information content (AvgIpc) is 2.41. The monoisotopic (exact) mass is 323 g/mol. The van der Waals surface area contributed by atoms with Gasteiger partial charge in [-0.2, -0.15) is 0 Å². The number of halogens is 2. The Morgan fingerprint density at radius 3 is 2.28 bits per heavy atom. The lowest BCUT2D eigenvalue weighted by atomic mass is 10.1. The number of hydrogen-bond donors (Lipinski definition) is 1. The number of hydrogen-bond acceptors (Lipinski definition) is 1. The molecule has 0 radical (unpaired) electrons. The van der Waals surface area contributed by atoms with Gasteiger partial charge in [-0.15, -0.1) is 11.6 Å². The molecule has 0 aromatic heterocycles. The molecule has 1 amide bonds. The van der Waals surface area contributed by atoms with Gasteiger partial charge in [0.05, 0.1) is 0 Å². The molecule has 0 saturated heterocycles. The zero-order valence-corrected chi connectivity index (χ0v) is 11.8. The standard InChI is InChI=1S/C14H11BrClNO/c15-11-6-8-12(9-7-11)17-14(18)13(16)10-4-2-1-3-5-10/h1-9,13H,(H,17,18)/t13-/m0/s1. The van der Waals surface area contributed by atoms with Crippen LogP contribution in [0.3, 0.4) is 0 Å². The molecule has 92 valence electrons. The maximum Gasteiger partial charge on any atom is 0.246 e. The first-order valence-electron chi connectivity index (χ1n) is 5.42. The highest BCUT2D eigenvalue weighted by molar-refractivity contribution is 9.10. The van der Waals surface area contributed by atoms with E-state index in [1.54, 1.807) is 0 Å². The van der Waals surface area contributed by atoms with Crippen molar-refractivity contribution in [3.05, 3.63) is 64.6 Å². The van der Waals surface area contributed by atoms with Crippen molar-refractivity contribution in [2.24, 2.45) is 0 Å². The highest BCUT2D eigenvalue weighted by Crippen LogP contribution is 2.22. The molecular formula is C14H11BrClNO. The number of anilines is 1. The van der Waals surface area contributed by atoms with E-state index in [9.17, 15) is 4.79 Å². The van der Waals surface area contributed by atoms with Crippen molar-refractivity contribution in [1.82, 2.24) is 0 Å². The summed E-state index contributed by atoms with van der Waals surface area (Å²) in [6, 6.07) is 16.6. The van der Waals surface area contributed by atoms with E-state index in [-0.39, 0.29) is 5.91 Å². The second-order valence-corrected chi connectivity index (χ2v) is 5.12. The molecule has 0 unspecified atom stereocenters. The summed E-state index contributed by atoms with van der Waals surface area (Å²) in [6.45, 7) is 0. The minimum Gasteiger partial charge on any atom is -0.325 e. The molecular weight excluding hydrogens is 314 g/mol. The van der Waals surface area contributed by atoms with Gasteiger partial charge in [-0.05, 0) is 29.8 Å². The molecule has 4 heteroatoms. The van der Waals surface area contributed by atoms with E-state index in [4.69, 9.17) is 11.6 Å². The summed E-state index contributed by atoms with van der Waals surface area (Å²) in [5.74, 6) is -0.231. The largest absolute Gasteiger partial charge is 0.325 e. The number of amides is 1. The van der Waals surface area contributed by atoms with Gasteiger partial charge in [-0.25, -0.2) is 0 Å². The van der Waals surface area contributed by atoms with Crippen molar-refractivity contribution >= 4 is 39.1 Å². The van der Waals surface area contributed by atoms with E-state index in [1.807, 2.05) is 54.6 Å². The maximum absolute atomic E-state index is 11.9. The van der Waals surface area contributed by atoms with Crippen molar-refractivity contribution in [2.45, 2.75) is 5.38 Å². The van der Waals surface area contributed by atoms with E-state index < -0.39 is 5.38 Å². The molecule has 0 saturated carbocycles. The van der Waals surface area contributed by atoms with Crippen molar-refractivity contribution in [1.29, 1.82) is 0 Å². The number of nitrogens with one attached hydrogen (secondary N) is 1. The molecule has 0 spiro atoms. The van der Waals surface area contributed by atoms with Crippen LogP contribution in [-0.2, 0) is 4.79 Å². The lowest BCUT2D eigenvalue weighted by Crippen LogP contribution is -2.17. The Hall–Kier alpha value is -1.32. The van der Waals surface area contributed by atoms with Gasteiger partial charge in [0.15, 0.2) is 0 Å². The van der Waals surface area contributed by atoms with Crippen LogP contribution < -0.4 is 5.32 Å².